The van der Waals surface area contributed by atoms with Crippen LogP contribution in [0.3, 0.4) is 0 Å². The van der Waals surface area contributed by atoms with Crippen molar-refractivity contribution in [2.75, 3.05) is 26.4 Å². The Bertz CT molecular complexity index is 1150. The second-order valence-electron chi connectivity index (χ2n) is 18.7. The van der Waals surface area contributed by atoms with E-state index in [-0.39, 0.29) is 26.1 Å². The highest BCUT2D eigenvalue weighted by Gasteiger charge is 2.47. The zero-order valence-electron chi connectivity index (χ0n) is 40.5. The fourth-order valence-corrected chi connectivity index (χ4v) is 8.51. The molecule has 2 rings (SSSR count). The van der Waals surface area contributed by atoms with Crippen LogP contribution in [0.15, 0.2) is 0 Å². The summed E-state index contributed by atoms with van der Waals surface area (Å²) < 4.78 is 33.6. The lowest BCUT2D eigenvalue weighted by molar-refractivity contribution is -0.332. The summed E-state index contributed by atoms with van der Waals surface area (Å²) in [6.07, 6.45) is 18.4. The summed E-state index contributed by atoms with van der Waals surface area (Å²) in [5.74, 6) is -0.910. The molecular formula is C50H94O15. The van der Waals surface area contributed by atoms with E-state index in [0.717, 1.165) is 38.5 Å². The highest BCUT2D eigenvalue weighted by atomic mass is 16.7. The molecule has 4 unspecified atom stereocenters. The number of hydrogen-bond acceptors (Lipinski definition) is 15. The van der Waals surface area contributed by atoms with Gasteiger partial charge < -0.3 is 64.2 Å². The minimum absolute atomic E-state index is 0.173. The van der Waals surface area contributed by atoms with Crippen molar-refractivity contribution in [3.05, 3.63) is 0 Å². The molecule has 2 fully saturated rings. The first-order valence-corrected chi connectivity index (χ1v) is 26.1. The van der Waals surface area contributed by atoms with E-state index in [1.807, 2.05) is 0 Å². The summed E-state index contributed by atoms with van der Waals surface area (Å²) in [5, 5.41) is 72.0. The predicted octanol–water partition coefficient (Wildman–Crippen LogP) is 7.22. The zero-order chi connectivity index (χ0) is 47.5. The van der Waals surface area contributed by atoms with E-state index < -0.39 is 92.7 Å². The molecule has 15 nitrogen and oxygen atoms in total. The van der Waals surface area contributed by atoms with Crippen LogP contribution in [0.4, 0.5) is 0 Å². The number of ether oxygens (including phenoxy) is 6. The molecule has 0 aromatic carbocycles. The number of carbonyl (C=O) groups excluding carboxylic acids is 2. The molecule has 0 aromatic rings. The maximum Gasteiger partial charge on any atom is 0.306 e. The molecular weight excluding hydrogens is 841 g/mol. The lowest BCUT2D eigenvalue weighted by Crippen LogP contribution is -2.61. The molecule has 0 amide bonds. The quantitative estimate of drug-likeness (QED) is 0.0237. The van der Waals surface area contributed by atoms with Gasteiger partial charge in [0.05, 0.1) is 19.8 Å². The molecule has 11 atom stereocenters. The second-order valence-corrected chi connectivity index (χ2v) is 18.7. The zero-order valence-corrected chi connectivity index (χ0v) is 40.5. The van der Waals surface area contributed by atoms with Crippen LogP contribution in [0.1, 0.15) is 213 Å². The van der Waals surface area contributed by atoms with Crippen LogP contribution in [-0.4, -0.2) is 142 Å². The lowest BCUT2D eigenvalue weighted by atomic mass is 9.98. The number of hydrogen-bond donors (Lipinski definition) is 7. The minimum atomic E-state index is -1.76. The molecule has 0 radical (unpaired) electrons. The third-order valence-corrected chi connectivity index (χ3v) is 12.8. The molecule has 65 heavy (non-hydrogen) atoms. The van der Waals surface area contributed by atoms with E-state index in [1.165, 1.54) is 135 Å². The van der Waals surface area contributed by atoms with Crippen LogP contribution in [0, 0.1) is 0 Å². The summed E-state index contributed by atoms with van der Waals surface area (Å²) in [6, 6.07) is 0. The lowest BCUT2D eigenvalue weighted by Gasteiger charge is -2.42. The van der Waals surface area contributed by atoms with Gasteiger partial charge in [0.15, 0.2) is 18.7 Å². The van der Waals surface area contributed by atoms with E-state index >= 15 is 0 Å². The van der Waals surface area contributed by atoms with Gasteiger partial charge in [0, 0.05) is 12.8 Å². The molecule has 0 aliphatic carbocycles. The van der Waals surface area contributed by atoms with Crippen molar-refractivity contribution in [3.8, 4) is 0 Å². The van der Waals surface area contributed by atoms with Gasteiger partial charge in [0.25, 0.3) is 0 Å². The van der Waals surface area contributed by atoms with Crippen LogP contribution < -0.4 is 0 Å². The Labute approximate surface area is 391 Å². The first kappa shape index (κ1) is 59.6. The molecule has 384 valence electrons. The third-order valence-electron chi connectivity index (χ3n) is 12.8. The number of esters is 2. The molecule has 0 spiro atoms. The van der Waals surface area contributed by atoms with Crippen molar-refractivity contribution in [2.45, 2.75) is 280 Å². The van der Waals surface area contributed by atoms with Crippen molar-refractivity contribution in [2.24, 2.45) is 0 Å². The average Bonchev–Trinajstić information content (AvgIpc) is 3.30. The normalized spacial score (nSPS) is 26.3. The fraction of sp³-hybridized carbons (Fsp3) is 0.960. The van der Waals surface area contributed by atoms with Gasteiger partial charge in [0.1, 0.15) is 55.4 Å². The highest BCUT2D eigenvalue weighted by molar-refractivity contribution is 5.70. The van der Waals surface area contributed by atoms with E-state index in [0.29, 0.717) is 12.8 Å². The maximum atomic E-state index is 13.0. The Balaban J connectivity index is 1.79. The van der Waals surface area contributed by atoms with Crippen LogP contribution in [0.2, 0.25) is 0 Å². The number of rotatable bonds is 41. The van der Waals surface area contributed by atoms with Gasteiger partial charge in [-0.2, -0.15) is 0 Å². The average molecular weight is 935 g/mol. The molecule has 15 heteroatoms. The highest BCUT2D eigenvalue weighted by Crippen LogP contribution is 2.27. The van der Waals surface area contributed by atoms with Gasteiger partial charge in [0.2, 0.25) is 0 Å². The van der Waals surface area contributed by atoms with Crippen molar-refractivity contribution in [1.29, 1.82) is 0 Å². The number of aliphatic hydroxyl groups excluding tert-OH is 7. The summed E-state index contributed by atoms with van der Waals surface area (Å²) in [7, 11) is 0. The molecule has 2 saturated heterocycles. The first-order valence-electron chi connectivity index (χ1n) is 26.1. The van der Waals surface area contributed by atoms with Gasteiger partial charge in [-0.15, -0.1) is 0 Å². The summed E-state index contributed by atoms with van der Waals surface area (Å²) >= 11 is 0. The third kappa shape index (κ3) is 26.7. The standard InChI is InChI=1S/C50H94O15/c1-3-5-7-9-11-13-15-17-18-19-21-22-24-26-28-30-32-41(52)60-35-38(63-42(53)33-31-29-27-25-23-20-16-14-12-10-8-6-4-2)36-61-49-48(59)46(57)44(55)40(65-49)37-62-50-47(58)45(56)43(54)39(34-51)64-50/h38-40,43-51,54-59H,3-37H2,1-2H3/t38-,39+,40+,43-,44-,45?,46?,47?,48?,49+,50+/m0/s1. The van der Waals surface area contributed by atoms with Crippen molar-refractivity contribution in [3.63, 3.8) is 0 Å². The molecule has 7 N–H and O–H groups in total. The number of carbonyl (C=O) groups is 2. The van der Waals surface area contributed by atoms with Crippen molar-refractivity contribution in [1.82, 2.24) is 0 Å². The Kier molecular flexibility index (Phi) is 35.2. The monoisotopic (exact) mass is 935 g/mol. The molecule has 2 aliphatic rings. The molecule has 0 saturated carbocycles. The Morgan fingerprint density at radius 2 is 0.785 bits per heavy atom. The van der Waals surface area contributed by atoms with Gasteiger partial charge in [-0.1, -0.05) is 187 Å². The summed E-state index contributed by atoms with van der Waals surface area (Å²) in [6.45, 7) is 2.62. The number of aliphatic hydroxyl groups is 7. The number of unbranched alkanes of at least 4 members (excludes halogenated alkanes) is 27. The largest absolute Gasteiger partial charge is 0.462 e. The maximum absolute atomic E-state index is 13.0. The fourth-order valence-electron chi connectivity index (χ4n) is 8.51. The molecule has 0 aromatic heterocycles. The predicted molar refractivity (Wildman–Crippen MR) is 248 cm³/mol. The Hall–Kier alpha value is -1.50. The van der Waals surface area contributed by atoms with Gasteiger partial charge in [-0.3, -0.25) is 9.59 Å². The topological polar surface area (TPSA) is 231 Å². The first-order chi connectivity index (χ1) is 31.5. The summed E-state index contributed by atoms with van der Waals surface area (Å²) in [5.41, 5.74) is 0. The van der Waals surface area contributed by atoms with Crippen LogP contribution >= 0.6 is 0 Å². The van der Waals surface area contributed by atoms with Crippen molar-refractivity contribution < 1.29 is 73.8 Å². The Morgan fingerprint density at radius 3 is 1.20 bits per heavy atom. The van der Waals surface area contributed by atoms with E-state index in [4.69, 9.17) is 28.4 Å². The molecule has 2 aliphatic heterocycles. The van der Waals surface area contributed by atoms with Gasteiger partial charge >= 0.3 is 11.9 Å². The van der Waals surface area contributed by atoms with Crippen LogP contribution in [0.5, 0.6) is 0 Å². The van der Waals surface area contributed by atoms with Crippen molar-refractivity contribution >= 4 is 11.9 Å². The molecule has 2 heterocycles. The van der Waals surface area contributed by atoms with E-state index in [2.05, 4.69) is 13.8 Å². The summed E-state index contributed by atoms with van der Waals surface area (Å²) in [4.78, 5) is 25.7. The van der Waals surface area contributed by atoms with Crippen LogP contribution in [-0.2, 0) is 38.0 Å². The van der Waals surface area contributed by atoms with E-state index in [9.17, 15) is 45.3 Å². The SMILES string of the molecule is CCCCCCCCCCCCCCCCCCC(=O)OC[C@@H](CO[C@@H]1O[C@H](CO[C@@H]2O[C@H](CO)[C@H](O)C(O)C2O)[C@H](O)C(O)C1O)OC(=O)CCCCCCCCCCCCCCC. The van der Waals surface area contributed by atoms with Gasteiger partial charge in [-0.05, 0) is 12.8 Å². The van der Waals surface area contributed by atoms with E-state index in [1.54, 1.807) is 0 Å². The van der Waals surface area contributed by atoms with Gasteiger partial charge in [-0.25, -0.2) is 0 Å². The second kappa shape index (κ2) is 38.4. The smallest absolute Gasteiger partial charge is 0.306 e. The Morgan fingerprint density at radius 1 is 0.431 bits per heavy atom. The van der Waals surface area contributed by atoms with Crippen LogP contribution in [0.25, 0.3) is 0 Å². The minimum Gasteiger partial charge on any atom is -0.462 e. The molecule has 0 bridgehead atoms.